The van der Waals surface area contributed by atoms with Gasteiger partial charge in [0, 0.05) is 6.04 Å². The van der Waals surface area contributed by atoms with E-state index in [-0.39, 0.29) is 11.9 Å². The van der Waals surface area contributed by atoms with Crippen molar-refractivity contribution in [3.8, 4) is 0 Å². The van der Waals surface area contributed by atoms with Gasteiger partial charge in [0.2, 0.25) is 0 Å². The zero-order valence-electron chi connectivity index (χ0n) is 9.22. The Morgan fingerprint density at radius 3 is 2.88 bits per heavy atom. The Morgan fingerprint density at radius 2 is 2.18 bits per heavy atom. The van der Waals surface area contributed by atoms with Crippen LogP contribution < -0.4 is 5.32 Å². The van der Waals surface area contributed by atoms with Gasteiger partial charge in [-0.3, -0.25) is 0 Å². The molecule has 0 amide bonds. The van der Waals surface area contributed by atoms with E-state index in [9.17, 15) is 13.2 Å². The van der Waals surface area contributed by atoms with Crippen molar-refractivity contribution in [2.24, 2.45) is 0 Å². The van der Waals surface area contributed by atoms with E-state index in [0.29, 0.717) is 12.8 Å². The minimum atomic E-state index is -3.11. The number of rotatable bonds is 4. The Balaban J connectivity index is 2.03. The smallest absolute Gasteiger partial charge is 0.282 e. The highest BCUT2D eigenvalue weighted by molar-refractivity contribution is 5.34. The molecule has 94 valence electrons. The maximum absolute atomic E-state index is 12.9. The number of aliphatic hydroxyl groups excluding tert-OH is 1. The maximum Gasteiger partial charge on any atom is 0.282 e. The van der Waals surface area contributed by atoms with E-state index in [1.165, 1.54) is 12.1 Å². The lowest BCUT2D eigenvalue weighted by Crippen LogP contribution is -2.37. The third-order valence-electron chi connectivity index (χ3n) is 3.02. The highest BCUT2D eigenvalue weighted by Gasteiger charge is 2.30. The number of benzene rings is 1. The maximum atomic E-state index is 12.9. The van der Waals surface area contributed by atoms with Crippen molar-refractivity contribution in [2.45, 2.75) is 24.8 Å². The van der Waals surface area contributed by atoms with E-state index in [4.69, 9.17) is 5.11 Å². The van der Waals surface area contributed by atoms with Crippen LogP contribution in [0.25, 0.3) is 0 Å². The van der Waals surface area contributed by atoms with Gasteiger partial charge in [0.15, 0.2) is 0 Å². The van der Waals surface area contributed by atoms with Crippen LogP contribution in [0.15, 0.2) is 18.2 Å². The summed E-state index contributed by atoms with van der Waals surface area (Å²) in [5, 5.41) is 11.2. The fourth-order valence-electron chi connectivity index (χ4n) is 2.13. The molecule has 0 saturated carbocycles. The molecule has 0 aromatic heterocycles. The number of aliphatic hydroxyl groups is 1. The number of fused-ring (bicyclic) bond motifs is 1. The molecule has 0 aliphatic heterocycles. The summed E-state index contributed by atoms with van der Waals surface area (Å²) in [4.78, 5) is 0. The van der Waals surface area contributed by atoms with Gasteiger partial charge in [-0.15, -0.1) is 0 Å². The van der Waals surface area contributed by atoms with Gasteiger partial charge in [0.1, 0.15) is 12.4 Å². The van der Waals surface area contributed by atoms with Crippen molar-refractivity contribution in [3.05, 3.63) is 35.1 Å². The second-order valence-corrected chi connectivity index (χ2v) is 4.33. The zero-order valence-corrected chi connectivity index (χ0v) is 9.22. The summed E-state index contributed by atoms with van der Waals surface area (Å²) in [5.74, 6) is -3.41. The van der Waals surface area contributed by atoms with Gasteiger partial charge in [-0.25, -0.2) is 13.2 Å². The van der Waals surface area contributed by atoms with Crippen LogP contribution in [-0.2, 0) is 6.42 Å². The minimum absolute atomic E-state index is 0.178. The van der Waals surface area contributed by atoms with Crippen molar-refractivity contribution < 1.29 is 18.3 Å². The van der Waals surface area contributed by atoms with Gasteiger partial charge in [-0.2, -0.15) is 0 Å². The average molecular weight is 245 g/mol. The summed E-state index contributed by atoms with van der Waals surface area (Å²) in [6.07, 6.45) is 1.37. The lowest BCUT2D eigenvalue weighted by Gasteiger charge is -2.19. The molecule has 2 rings (SSSR count). The molecule has 1 atom stereocenters. The van der Waals surface area contributed by atoms with Crippen LogP contribution in [0.1, 0.15) is 23.6 Å². The zero-order chi connectivity index (χ0) is 12.5. The number of nitrogens with one attached hydrogen (secondary N) is 1. The summed E-state index contributed by atoms with van der Waals surface area (Å²) in [6.45, 7) is -1.73. The number of halogens is 3. The Bertz CT molecular complexity index is 409. The van der Waals surface area contributed by atoms with E-state index < -0.39 is 19.1 Å². The average Bonchev–Trinajstić information content (AvgIpc) is 2.69. The fraction of sp³-hybridized carbons (Fsp3) is 0.500. The molecule has 0 saturated heterocycles. The minimum Gasteiger partial charge on any atom is -0.390 e. The lowest BCUT2D eigenvalue weighted by atomic mass is 10.1. The molecule has 0 fully saturated rings. The van der Waals surface area contributed by atoms with Crippen LogP contribution in [0, 0.1) is 5.82 Å². The monoisotopic (exact) mass is 245 g/mol. The third-order valence-corrected chi connectivity index (χ3v) is 3.02. The molecule has 1 aliphatic carbocycles. The van der Waals surface area contributed by atoms with Gasteiger partial charge in [-0.05, 0) is 36.1 Å². The summed E-state index contributed by atoms with van der Waals surface area (Å²) in [7, 11) is 0. The lowest BCUT2D eigenvalue weighted by molar-refractivity contribution is -0.0493. The standard InChI is InChI=1S/C12H14F3NO/c13-9-2-3-10-8(5-9)1-4-11(10)16-6-12(14,15)7-17/h2-3,5,11,16-17H,1,4,6-7H2. The Morgan fingerprint density at radius 1 is 1.41 bits per heavy atom. The molecule has 0 radical (unpaired) electrons. The second-order valence-electron chi connectivity index (χ2n) is 4.33. The molecule has 0 bridgehead atoms. The summed E-state index contributed by atoms with van der Waals surface area (Å²) in [5.41, 5.74) is 1.75. The van der Waals surface area contributed by atoms with Gasteiger partial charge in [0.05, 0.1) is 6.54 Å². The predicted octanol–water partition coefficient (Wildman–Crippen LogP) is 2.03. The number of aryl methyl sites for hydroxylation is 1. The van der Waals surface area contributed by atoms with Crippen molar-refractivity contribution in [3.63, 3.8) is 0 Å². The normalized spacial score (nSPS) is 19.4. The molecule has 1 aromatic carbocycles. The fourth-order valence-corrected chi connectivity index (χ4v) is 2.13. The predicted molar refractivity (Wildman–Crippen MR) is 57.5 cm³/mol. The number of hydrogen-bond donors (Lipinski definition) is 2. The van der Waals surface area contributed by atoms with Crippen molar-refractivity contribution >= 4 is 0 Å². The molecular formula is C12H14F3NO. The Hall–Kier alpha value is -1.07. The molecular weight excluding hydrogens is 231 g/mol. The molecule has 1 unspecified atom stereocenters. The van der Waals surface area contributed by atoms with Crippen molar-refractivity contribution in [1.82, 2.24) is 5.32 Å². The second kappa shape index (κ2) is 4.66. The molecule has 0 heterocycles. The van der Waals surface area contributed by atoms with E-state index >= 15 is 0 Å². The summed E-state index contributed by atoms with van der Waals surface area (Å²) in [6, 6.07) is 4.24. The van der Waals surface area contributed by atoms with E-state index in [1.54, 1.807) is 6.07 Å². The number of hydrogen-bond acceptors (Lipinski definition) is 2. The quantitative estimate of drug-likeness (QED) is 0.850. The Kier molecular flexibility index (Phi) is 3.40. The van der Waals surface area contributed by atoms with Crippen LogP contribution in [0.4, 0.5) is 13.2 Å². The summed E-state index contributed by atoms with van der Waals surface area (Å²) >= 11 is 0. The SMILES string of the molecule is OCC(F)(F)CNC1CCc2cc(F)ccc21. The Labute approximate surface area is 97.5 Å². The largest absolute Gasteiger partial charge is 0.390 e. The molecule has 5 heteroatoms. The van der Waals surface area contributed by atoms with Crippen molar-refractivity contribution in [1.29, 1.82) is 0 Å². The first-order valence-corrected chi connectivity index (χ1v) is 5.52. The molecule has 17 heavy (non-hydrogen) atoms. The number of alkyl halides is 2. The van der Waals surface area contributed by atoms with Gasteiger partial charge < -0.3 is 10.4 Å². The third kappa shape index (κ3) is 2.79. The van der Waals surface area contributed by atoms with Crippen LogP contribution in [0.3, 0.4) is 0 Å². The topological polar surface area (TPSA) is 32.3 Å². The van der Waals surface area contributed by atoms with Gasteiger partial charge >= 0.3 is 0 Å². The highest BCUT2D eigenvalue weighted by atomic mass is 19.3. The molecule has 1 aliphatic rings. The first kappa shape index (κ1) is 12.4. The van der Waals surface area contributed by atoms with Crippen molar-refractivity contribution in [2.75, 3.05) is 13.2 Å². The molecule has 2 N–H and O–H groups in total. The molecule has 1 aromatic rings. The van der Waals surface area contributed by atoms with E-state index in [0.717, 1.165) is 11.1 Å². The molecule has 0 spiro atoms. The van der Waals surface area contributed by atoms with Crippen LogP contribution in [0.5, 0.6) is 0 Å². The van der Waals surface area contributed by atoms with Crippen LogP contribution >= 0.6 is 0 Å². The first-order chi connectivity index (χ1) is 8.02. The van der Waals surface area contributed by atoms with Gasteiger partial charge in [0.25, 0.3) is 5.92 Å². The first-order valence-electron chi connectivity index (χ1n) is 5.52. The molecule has 2 nitrogen and oxygen atoms in total. The van der Waals surface area contributed by atoms with E-state index in [2.05, 4.69) is 5.32 Å². The summed E-state index contributed by atoms with van der Waals surface area (Å²) < 4.78 is 38.7. The van der Waals surface area contributed by atoms with Crippen LogP contribution in [0.2, 0.25) is 0 Å². The van der Waals surface area contributed by atoms with Crippen LogP contribution in [-0.4, -0.2) is 24.2 Å². The highest BCUT2D eigenvalue weighted by Crippen LogP contribution is 2.31. The van der Waals surface area contributed by atoms with E-state index in [1.807, 2.05) is 0 Å². The van der Waals surface area contributed by atoms with Gasteiger partial charge in [-0.1, -0.05) is 6.07 Å².